The molecule has 0 amide bonds. The summed E-state index contributed by atoms with van der Waals surface area (Å²) in [6.07, 6.45) is 11.9. The van der Waals surface area contributed by atoms with Crippen LogP contribution in [0.1, 0.15) is 25.0 Å². The van der Waals surface area contributed by atoms with Crippen LogP contribution in [-0.4, -0.2) is 99.5 Å². The molecule has 0 saturated carbocycles. The third kappa shape index (κ3) is 6.40. The van der Waals surface area contributed by atoms with Crippen LogP contribution in [0, 0.1) is 5.82 Å². The van der Waals surface area contributed by atoms with Crippen molar-refractivity contribution in [2.45, 2.75) is 19.3 Å². The Kier molecular flexibility index (Phi) is 8.19. The zero-order chi connectivity index (χ0) is 30.8. The summed E-state index contributed by atoms with van der Waals surface area (Å²) in [7, 11) is 4.01. The Morgan fingerprint density at radius 3 is 2.71 bits per heavy atom. The van der Waals surface area contributed by atoms with E-state index in [4.69, 9.17) is 9.97 Å². The number of anilines is 1. The second-order valence-electron chi connectivity index (χ2n) is 12.0. The molecule has 7 rings (SSSR count). The van der Waals surface area contributed by atoms with Gasteiger partial charge in [-0.3, -0.25) is 20.0 Å². The van der Waals surface area contributed by atoms with Crippen molar-refractivity contribution in [1.82, 2.24) is 39.9 Å². The molecule has 10 nitrogen and oxygen atoms in total. The zero-order valence-corrected chi connectivity index (χ0v) is 25.6. The average molecular weight is 605 g/mol. The topological polar surface area (TPSA) is 114 Å². The molecule has 2 aliphatic heterocycles. The van der Waals surface area contributed by atoms with E-state index in [0.29, 0.717) is 47.1 Å². The Hall–Kier alpha value is -4.74. The van der Waals surface area contributed by atoms with E-state index in [1.54, 1.807) is 6.20 Å². The molecule has 4 aromatic heterocycles. The zero-order valence-electron chi connectivity index (χ0n) is 25.6. The van der Waals surface area contributed by atoms with Crippen molar-refractivity contribution in [1.29, 1.82) is 0 Å². The number of benzene rings is 1. The molecular weight excluding hydrogens is 567 g/mol. The monoisotopic (exact) mass is 604 g/mol. The number of aromatic amines is 2. The molecule has 0 aliphatic carbocycles. The lowest BCUT2D eigenvalue weighted by molar-refractivity contribution is 0.249. The van der Waals surface area contributed by atoms with Crippen LogP contribution in [0.15, 0.2) is 65.3 Å². The summed E-state index contributed by atoms with van der Waals surface area (Å²) >= 11 is 0. The van der Waals surface area contributed by atoms with Crippen LogP contribution in [0.25, 0.3) is 50.4 Å². The van der Waals surface area contributed by atoms with Crippen LogP contribution in [0.2, 0.25) is 0 Å². The summed E-state index contributed by atoms with van der Waals surface area (Å²) < 4.78 is 14.7. The van der Waals surface area contributed by atoms with Gasteiger partial charge in [-0.1, -0.05) is 12.5 Å². The molecule has 0 spiro atoms. The molecular formula is C34H37FN10. The number of halogens is 1. The lowest BCUT2D eigenvalue weighted by atomic mass is 10.1. The third-order valence-electron chi connectivity index (χ3n) is 8.26. The number of nitrogens with zero attached hydrogens (tertiary/aromatic N) is 7. The van der Waals surface area contributed by atoms with E-state index in [2.05, 4.69) is 52.4 Å². The number of imidazole rings is 1. The quantitative estimate of drug-likeness (QED) is 0.202. The maximum atomic E-state index is 14.7. The van der Waals surface area contributed by atoms with Crippen LogP contribution in [0.5, 0.6) is 0 Å². The first kappa shape index (κ1) is 29.0. The van der Waals surface area contributed by atoms with Gasteiger partial charge < -0.3 is 15.2 Å². The Morgan fingerprint density at radius 2 is 1.84 bits per heavy atom. The summed E-state index contributed by atoms with van der Waals surface area (Å²) in [4.78, 5) is 27.2. The van der Waals surface area contributed by atoms with Crippen molar-refractivity contribution in [3.05, 3.63) is 71.8 Å². The summed E-state index contributed by atoms with van der Waals surface area (Å²) in [5.74, 6) is 0.228. The highest BCUT2D eigenvalue weighted by Gasteiger charge is 2.19. The SMILES string of the molecule is CN(C)CCNc1cc(F)cc(-c2nccc3[nH]c(-c4n[nH]c5ccc(C6=CCN=CC(CN7CCCCC7)=C6)nc45)nc23)c1. The molecule has 0 unspecified atom stereocenters. The van der Waals surface area contributed by atoms with Crippen LogP contribution in [-0.2, 0) is 0 Å². The number of likely N-dealkylation sites (N-methyl/N-ethyl adjacent to an activating group) is 1. The smallest absolute Gasteiger partial charge is 0.161 e. The second kappa shape index (κ2) is 12.7. The van der Waals surface area contributed by atoms with Crippen molar-refractivity contribution in [3.8, 4) is 22.8 Å². The third-order valence-corrected chi connectivity index (χ3v) is 8.26. The first-order valence-electron chi connectivity index (χ1n) is 15.5. The molecule has 2 aliphatic rings. The van der Waals surface area contributed by atoms with Gasteiger partial charge in [-0.2, -0.15) is 5.10 Å². The summed E-state index contributed by atoms with van der Waals surface area (Å²) in [5.41, 5.74) is 8.60. The maximum absolute atomic E-state index is 14.7. The molecule has 230 valence electrons. The Bertz CT molecular complexity index is 1930. The number of likely N-dealkylation sites (tertiary alicyclic amines) is 1. The predicted octanol–water partition coefficient (Wildman–Crippen LogP) is 5.56. The van der Waals surface area contributed by atoms with E-state index < -0.39 is 0 Å². The molecule has 1 aromatic carbocycles. The van der Waals surface area contributed by atoms with Crippen LogP contribution in [0.3, 0.4) is 0 Å². The number of aliphatic imine (C=N–C) groups is 1. The maximum Gasteiger partial charge on any atom is 0.161 e. The lowest BCUT2D eigenvalue weighted by Crippen LogP contribution is -2.31. The number of fused-ring (bicyclic) bond motifs is 2. The van der Waals surface area contributed by atoms with Gasteiger partial charge in [-0.15, -0.1) is 0 Å². The normalized spacial score (nSPS) is 15.9. The number of hydrogen-bond donors (Lipinski definition) is 3. The first-order valence-corrected chi connectivity index (χ1v) is 15.5. The van der Waals surface area contributed by atoms with Crippen LogP contribution < -0.4 is 5.32 Å². The fraction of sp³-hybridized carbons (Fsp3) is 0.324. The molecule has 45 heavy (non-hydrogen) atoms. The summed E-state index contributed by atoms with van der Waals surface area (Å²) in [6.45, 7) is 5.30. The van der Waals surface area contributed by atoms with Crippen molar-refractivity contribution >= 4 is 39.5 Å². The van der Waals surface area contributed by atoms with E-state index in [9.17, 15) is 4.39 Å². The molecule has 5 aromatic rings. The van der Waals surface area contributed by atoms with Crippen molar-refractivity contribution in [2.24, 2.45) is 4.99 Å². The van der Waals surface area contributed by atoms with Gasteiger partial charge in [-0.25, -0.2) is 14.4 Å². The van der Waals surface area contributed by atoms with E-state index >= 15 is 0 Å². The largest absolute Gasteiger partial charge is 0.384 e. The lowest BCUT2D eigenvalue weighted by Gasteiger charge is -2.26. The minimum Gasteiger partial charge on any atom is -0.384 e. The van der Waals surface area contributed by atoms with Gasteiger partial charge in [0, 0.05) is 43.3 Å². The van der Waals surface area contributed by atoms with E-state index in [-0.39, 0.29) is 5.82 Å². The first-order chi connectivity index (χ1) is 22.0. The second-order valence-corrected chi connectivity index (χ2v) is 12.0. The van der Waals surface area contributed by atoms with E-state index in [0.717, 1.165) is 54.0 Å². The van der Waals surface area contributed by atoms with Gasteiger partial charge in [0.2, 0.25) is 0 Å². The van der Waals surface area contributed by atoms with Crippen molar-refractivity contribution < 1.29 is 4.39 Å². The number of H-pyrrole nitrogens is 2. The summed E-state index contributed by atoms with van der Waals surface area (Å²) in [6, 6.07) is 10.8. The minimum absolute atomic E-state index is 0.337. The van der Waals surface area contributed by atoms with Gasteiger partial charge in [0.1, 0.15) is 16.9 Å². The Labute approximate surface area is 261 Å². The molecule has 6 heterocycles. The number of hydrogen-bond acceptors (Lipinski definition) is 8. The minimum atomic E-state index is -0.337. The Morgan fingerprint density at radius 1 is 0.978 bits per heavy atom. The Balaban J connectivity index is 1.21. The van der Waals surface area contributed by atoms with Gasteiger partial charge in [0.25, 0.3) is 0 Å². The molecule has 0 atom stereocenters. The van der Waals surface area contributed by atoms with E-state index in [1.807, 2.05) is 44.6 Å². The van der Waals surface area contributed by atoms with Crippen LogP contribution in [0.4, 0.5) is 10.1 Å². The van der Waals surface area contributed by atoms with Gasteiger partial charge in [-0.05, 0) is 93.6 Å². The van der Waals surface area contributed by atoms with E-state index in [1.165, 1.54) is 37.0 Å². The number of rotatable bonds is 9. The molecule has 1 fully saturated rings. The van der Waals surface area contributed by atoms with Crippen LogP contribution >= 0.6 is 0 Å². The number of allylic oxidation sites excluding steroid dienone is 2. The standard InChI is InChI=1S/C34H37FN10/c1-44(2)15-12-37-26-18-24(17-25(35)19-26)30-31-28(9-11-38-30)40-34(41-31)33-32-29(42-43-33)7-6-27(39-32)23-8-10-36-20-22(16-23)21-45-13-4-3-5-14-45/h6-9,11,16-20,37H,3-5,10,12-15,21H2,1-2H3,(H,40,41)(H,42,43). The molecule has 0 radical (unpaired) electrons. The fourth-order valence-corrected chi connectivity index (χ4v) is 5.99. The highest BCUT2D eigenvalue weighted by Crippen LogP contribution is 2.32. The molecule has 11 heteroatoms. The molecule has 3 N–H and O–H groups in total. The number of pyridine rings is 2. The fourth-order valence-electron chi connectivity index (χ4n) is 5.99. The number of piperidine rings is 1. The molecule has 0 bridgehead atoms. The van der Waals surface area contributed by atoms with Gasteiger partial charge in [0.05, 0.1) is 29.0 Å². The average Bonchev–Trinajstić information content (AvgIpc) is 3.59. The predicted molar refractivity (Wildman–Crippen MR) is 179 cm³/mol. The number of nitrogens with one attached hydrogen (secondary N) is 3. The number of aromatic nitrogens is 6. The highest BCUT2D eigenvalue weighted by molar-refractivity contribution is 5.96. The highest BCUT2D eigenvalue weighted by atomic mass is 19.1. The van der Waals surface area contributed by atoms with Crippen molar-refractivity contribution in [3.63, 3.8) is 0 Å². The molecule has 1 saturated heterocycles. The van der Waals surface area contributed by atoms with Gasteiger partial charge >= 0.3 is 0 Å². The van der Waals surface area contributed by atoms with Crippen molar-refractivity contribution in [2.75, 3.05) is 58.7 Å². The van der Waals surface area contributed by atoms with Gasteiger partial charge in [0.15, 0.2) is 11.5 Å². The summed E-state index contributed by atoms with van der Waals surface area (Å²) in [5, 5.41) is 11.0.